The summed E-state index contributed by atoms with van der Waals surface area (Å²) in [6.07, 6.45) is 0. The third-order valence-corrected chi connectivity index (χ3v) is 1.20. The molecule has 0 aliphatic rings. The average Bonchev–Trinajstić information content (AvgIpc) is 2.05. The van der Waals surface area contributed by atoms with Crippen LogP contribution in [0.5, 0.6) is 0 Å². The van der Waals surface area contributed by atoms with Gasteiger partial charge in [-0.2, -0.15) is 10.8 Å². The van der Waals surface area contributed by atoms with Gasteiger partial charge in [-0.05, 0) is 24.3 Å². The van der Waals surface area contributed by atoms with Crippen LogP contribution in [0.15, 0.2) is 24.3 Å². The molecule has 0 amide bonds. The maximum absolute atomic E-state index is 10.7. The molecule has 60 valence electrons. The Bertz CT molecular complexity index is 224. The van der Waals surface area contributed by atoms with E-state index in [0.29, 0.717) is 11.4 Å². The largest absolute Gasteiger partial charge is 0.732 e. The molecule has 0 atom stereocenters. The first-order valence-corrected chi connectivity index (χ1v) is 2.93. The van der Waals surface area contributed by atoms with Crippen molar-refractivity contribution in [3.8, 4) is 0 Å². The number of nitrogens with zero attached hydrogens (tertiary/aromatic N) is 1. The van der Waals surface area contributed by atoms with E-state index in [1.54, 1.807) is 12.1 Å². The van der Waals surface area contributed by atoms with Crippen LogP contribution in [0, 0.1) is 5.21 Å². The SMILES string of the molecule is NON([O-])c1ccc(N)cc1. The van der Waals surface area contributed by atoms with Crippen molar-refractivity contribution in [2.24, 2.45) is 5.90 Å². The number of nitrogens with two attached hydrogens (primary N) is 2. The van der Waals surface area contributed by atoms with Crippen molar-refractivity contribution in [2.75, 3.05) is 11.0 Å². The zero-order valence-electron chi connectivity index (χ0n) is 5.73. The Morgan fingerprint density at radius 1 is 1.27 bits per heavy atom. The summed E-state index contributed by atoms with van der Waals surface area (Å²) in [5, 5.41) is 10.8. The third kappa shape index (κ3) is 1.81. The van der Waals surface area contributed by atoms with Crippen molar-refractivity contribution in [3.63, 3.8) is 0 Å². The molecule has 0 aliphatic heterocycles. The van der Waals surface area contributed by atoms with Gasteiger partial charge in [-0.15, -0.1) is 0 Å². The Labute approximate surface area is 63.6 Å². The summed E-state index contributed by atoms with van der Waals surface area (Å²) in [5.41, 5.74) is 6.27. The Kier molecular flexibility index (Phi) is 2.27. The van der Waals surface area contributed by atoms with Gasteiger partial charge in [0.2, 0.25) is 0 Å². The van der Waals surface area contributed by atoms with Crippen LogP contribution in [0.3, 0.4) is 0 Å². The molecule has 0 unspecified atom stereocenters. The van der Waals surface area contributed by atoms with E-state index in [2.05, 4.69) is 10.8 Å². The highest BCUT2D eigenvalue weighted by Crippen LogP contribution is 2.14. The summed E-state index contributed by atoms with van der Waals surface area (Å²) in [5.74, 6) is 4.62. The number of anilines is 2. The molecule has 0 saturated carbocycles. The van der Waals surface area contributed by atoms with E-state index in [0.717, 1.165) is 0 Å². The molecule has 0 saturated heterocycles. The second kappa shape index (κ2) is 3.20. The van der Waals surface area contributed by atoms with E-state index in [1.807, 2.05) is 0 Å². The van der Waals surface area contributed by atoms with E-state index < -0.39 is 0 Å². The molecular formula is C6H8N3O2-. The Balaban J connectivity index is 2.81. The minimum atomic E-state index is 0.194. The molecule has 0 heterocycles. The summed E-state index contributed by atoms with van der Waals surface area (Å²) >= 11 is 0. The van der Waals surface area contributed by atoms with Crippen LogP contribution in [-0.4, -0.2) is 0 Å². The van der Waals surface area contributed by atoms with Gasteiger partial charge in [-0.25, -0.2) is 0 Å². The van der Waals surface area contributed by atoms with E-state index in [-0.39, 0.29) is 5.23 Å². The van der Waals surface area contributed by atoms with Crippen molar-refractivity contribution in [3.05, 3.63) is 29.5 Å². The minimum absolute atomic E-state index is 0.194. The predicted octanol–water partition coefficient (Wildman–Crippen LogP) is 0.378. The first kappa shape index (κ1) is 7.80. The van der Waals surface area contributed by atoms with Crippen molar-refractivity contribution in [1.82, 2.24) is 0 Å². The molecule has 1 aromatic rings. The number of benzene rings is 1. The highest BCUT2D eigenvalue weighted by molar-refractivity contribution is 5.51. The normalized spacial score (nSPS) is 9.64. The molecule has 4 N–H and O–H groups in total. The maximum Gasteiger partial charge on any atom is 0.0531 e. The fraction of sp³-hybridized carbons (Fsp3) is 0. The lowest BCUT2D eigenvalue weighted by molar-refractivity contribution is 0.136. The Morgan fingerprint density at radius 2 is 1.82 bits per heavy atom. The Hall–Kier alpha value is -1.30. The van der Waals surface area contributed by atoms with Crippen molar-refractivity contribution >= 4 is 11.4 Å². The van der Waals surface area contributed by atoms with Gasteiger partial charge in [-0.3, -0.25) is 5.23 Å². The third-order valence-electron chi connectivity index (χ3n) is 1.20. The summed E-state index contributed by atoms with van der Waals surface area (Å²) < 4.78 is 0. The molecule has 0 bridgehead atoms. The molecule has 0 aliphatic carbocycles. The summed E-state index contributed by atoms with van der Waals surface area (Å²) in [6, 6.07) is 6.18. The maximum atomic E-state index is 10.7. The monoisotopic (exact) mass is 154 g/mol. The number of nitrogen functional groups attached to an aromatic ring is 1. The van der Waals surface area contributed by atoms with Gasteiger partial charge in [-0.1, -0.05) is 0 Å². The molecule has 0 radical (unpaired) electrons. The summed E-state index contributed by atoms with van der Waals surface area (Å²) in [7, 11) is 0. The molecule has 0 fully saturated rings. The lowest BCUT2D eigenvalue weighted by Gasteiger charge is -2.25. The first-order valence-electron chi connectivity index (χ1n) is 2.93. The van der Waals surface area contributed by atoms with Gasteiger partial charge in [0.25, 0.3) is 0 Å². The number of rotatable bonds is 2. The van der Waals surface area contributed by atoms with Gasteiger partial charge in [0.1, 0.15) is 0 Å². The second-order valence-corrected chi connectivity index (χ2v) is 1.95. The van der Waals surface area contributed by atoms with Gasteiger partial charge in [0, 0.05) is 5.69 Å². The molecule has 5 nitrogen and oxygen atoms in total. The van der Waals surface area contributed by atoms with Crippen molar-refractivity contribution < 1.29 is 4.94 Å². The highest BCUT2D eigenvalue weighted by Gasteiger charge is 1.91. The lowest BCUT2D eigenvalue weighted by atomic mass is 10.3. The fourth-order valence-corrected chi connectivity index (χ4v) is 0.657. The highest BCUT2D eigenvalue weighted by atomic mass is 16.9. The molecule has 0 spiro atoms. The smallest absolute Gasteiger partial charge is 0.0531 e. The zero-order valence-corrected chi connectivity index (χ0v) is 5.73. The van der Waals surface area contributed by atoms with Gasteiger partial charge in [0.15, 0.2) is 0 Å². The standard InChI is InChI=1S/C6H8N3O2/c7-5-1-3-6(4-2-5)9(10)11-8/h1-4H,7-8H2/q-1. The Morgan fingerprint density at radius 3 is 2.27 bits per heavy atom. The van der Waals surface area contributed by atoms with Crippen LogP contribution in [0.25, 0.3) is 0 Å². The van der Waals surface area contributed by atoms with E-state index in [4.69, 9.17) is 5.73 Å². The predicted molar refractivity (Wildman–Crippen MR) is 42.0 cm³/mol. The number of hydrogen-bond acceptors (Lipinski definition) is 5. The lowest BCUT2D eigenvalue weighted by Crippen LogP contribution is -2.19. The van der Waals surface area contributed by atoms with Crippen LogP contribution < -0.4 is 16.9 Å². The zero-order chi connectivity index (χ0) is 8.27. The van der Waals surface area contributed by atoms with Crippen molar-refractivity contribution in [2.45, 2.75) is 0 Å². The molecule has 1 rings (SSSR count). The molecule has 0 aromatic heterocycles. The van der Waals surface area contributed by atoms with Crippen LogP contribution >= 0.6 is 0 Å². The quantitative estimate of drug-likeness (QED) is 0.475. The molecular weight excluding hydrogens is 146 g/mol. The van der Waals surface area contributed by atoms with Gasteiger partial charge >= 0.3 is 0 Å². The van der Waals surface area contributed by atoms with E-state index in [9.17, 15) is 5.21 Å². The first-order chi connectivity index (χ1) is 5.24. The van der Waals surface area contributed by atoms with Crippen LogP contribution in [0.4, 0.5) is 11.4 Å². The fourth-order valence-electron chi connectivity index (χ4n) is 0.657. The average molecular weight is 154 g/mol. The van der Waals surface area contributed by atoms with Crippen LogP contribution in [-0.2, 0) is 4.94 Å². The van der Waals surface area contributed by atoms with Gasteiger partial charge in [0.05, 0.1) is 5.69 Å². The number of hydrogen-bond donors (Lipinski definition) is 2. The topological polar surface area (TPSA) is 87.6 Å². The van der Waals surface area contributed by atoms with E-state index in [1.165, 1.54) is 12.1 Å². The van der Waals surface area contributed by atoms with Crippen LogP contribution in [0.1, 0.15) is 0 Å². The van der Waals surface area contributed by atoms with E-state index >= 15 is 0 Å². The molecule has 5 heteroatoms. The molecule has 1 aromatic carbocycles. The van der Waals surface area contributed by atoms with Crippen LogP contribution in [0.2, 0.25) is 0 Å². The summed E-state index contributed by atoms with van der Waals surface area (Å²) in [6.45, 7) is 0. The van der Waals surface area contributed by atoms with Crippen molar-refractivity contribution in [1.29, 1.82) is 0 Å². The van der Waals surface area contributed by atoms with Gasteiger partial charge < -0.3 is 10.9 Å². The second-order valence-electron chi connectivity index (χ2n) is 1.95. The molecule has 11 heavy (non-hydrogen) atoms. The summed E-state index contributed by atoms with van der Waals surface area (Å²) in [4.78, 5) is 3.91. The minimum Gasteiger partial charge on any atom is -0.732 e.